The van der Waals surface area contributed by atoms with Crippen LogP contribution >= 0.6 is 0 Å². The topological polar surface area (TPSA) is 40.5 Å². The number of aliphatic hydroxyl groups excluding tert-OH is 1. The number of aliphatic hydroxyl groups is 2. The Morgan fingerprint density at radius 2 is 1.90 bits per heavy atom. The summed E-state index contributed by atoms with van der Waals surface area (Å²) in [4.78, 5) is 0. The molecule has 0 saturated heterocycles. The van der Waals surface area contributed by atoms with E-state index < -0.39 is 11.5 Å². The molecule has 4 heteroatoms. The van der Waals surface area contributed by atoms with Crippen molar-refractivity contribution in [3.05, 3.63) is 35.5 Å². The maximum atomic E-state index is 14.3. The molecule has 5 unspecified atom stereocenters. The van der Waals surface area contributed by atoms with Crippen molar-refractivity contribution in [1.29, 1.82) is 0 Å². The van der Waals surface area contributed by atoms with Crippen molar-refractivity contribution in [2.24, 2.45) is 23.2 Å². The quantitative estimate of drug-likeness (QED) is 0.471. The Labute approximate surface area is 187 Å². The van der Waals surface area contributed by atoms with Crippen LogP contribution in [0.5, 0.6) is 0 Å². The third-order valence-corrected chi connectivity index (χ3v) is 8.72. The smallest absolute Gasteiger partial charge is 0.275 e. The zero-order valence-electron chi connectivity index (χ0n) is 19.9. The van der Waals surface area contributed by atoms with Crippen LogP contribution in [0.15, 0.2) is 35.5 Å². The van der Waals surface area contributed by atoms with E-state index >= 15 is 0 Å². The van der Waals surface area contributed by atoms with Crippen molar-refractivity contribution in [2.45, 2.75) is 110 Å². The molecule has 0 spiro atoms. The molecule has 176 valence electrons. The molecular weight excluding hydrogens is 394 g/mol. The number of hydrogen-bond acceptors (Lipinski definition) is 2. The lowest BCUT2D eigenvalue weighted by molar-refractivity contribution is -0.168. The Bertz CT molecular complexity index is 730. The molecule has 0 radical (unpaired) electrons. The highest BCUT2D eigenvalue weighted by Crippen LogP contribution is 2.60. The van der Waals surface area contributed by atoms with Gasteiger partial charge in [0.25, 0.3) is 5.92 Å². The van der Waals surface area contributed by atoms with E-state index in [9.17, 15) is 19.0 Å². The zero-order chi connectivity index (χ0) is 23.0. The van der Waals surface area contributed by atoms with Gasteiger partial charge in [-0.2, -0.15) is 0 Å². The molecule has 0 aromatic rings. The normalized spacial score (nSPS) is 36.1. The summed E-state index contributed by atoms with van der Waals surface area (Å²) in [7, 11) is 0. The fraction of sp³-hybridized carbons (Fsp3) is 0.778. The van der Waals surface area contributed by atoms with Crippen LogP contribution in [0.2, 0.25) is 0 Å². The minimum Gasteiger partial charge on any atom is -0.393 e. The molecule has 0 aromatic heterocycles. The van der Waals surface area contributed by atoms with E-state index in [1.54, 1.807) is 0 Å². The lowest BCUT2D eigenvalue weighted by Gasteiger charge is -2.44. The van der Waals surface area contributed by atoms with Gasteiger partial charge in [0.1, 0.15) is 5.60 Å². The first-order valence-electron chi connectivity index (χ1n) is 12.2. The van der Waals surface area contributed by atoms with E-state index in [0.717, 1.165) is 50.5 Å². The molecule has 0 aliphatic heterocycles. The molecule has 31 heavy (non-hydrogen) atoms. The van der Waals surface area contributed by atoms with Crippen LogP contribution in [-0.4, -0.2) is 27.8 Å². The maximum absolute atomic E-state index is 14.3. The highest BCUT2D eigenvalue weighted by molar-refractivity contribution is 5.36. The summed E-state index contributed by atoms with van der Waals surface area (Å²) in [6, 6.07) is 0. The standard InChI is InChI=1S/C27H42F2O2/c1-18-8-11-22(30)17-21(18)10-9-20-7-6-15-26(5)23(12-13-24(20)26)19(2)14-16-27(28,29)25(3,4)31/h9-10,19,22-24,30-31H,1,6-8,11-17H2,2-5H3/b20-9+,21-10-. The maximum Gasteiger partial charge on any atom is 0.275 e. The van der Waals surface area contributed by atoms with E-state index in [2.05, 4.69) is 32.6 Å². The molecule has 2 nitrogen and oxygen atoms in total. The first-order valence-corrected chi connectivity index (χ1v) is 12.2. The van der Waals surface area contributed by atoms with Gasteiger partial charge in [0, 0.05) is 6.42 Å². The first kappa shape index (κ1) is 24.6. The fourth-order valence-electron chi connectivity index (χ4n) is 6.53. The predicted octanol–water partition coefficient (Wildman–Crippen LogP) is 6.98. The molecule has 0 aromatic carbocycles. The molecule has 2 N–H and O–H groups in total. The van der Waals surface area contributed by atoms with Gasteiger partial charge >= 0.3 is 0 Å². The van der Waals surface area contributed by atoms with Crippen LogP contribution in [-0.2, 0) is 0 Å². The van der Waals surface area contributed by atoms with Gasteiger partial charge in [0.2, 0.25) is 0 Å². The number of halogens is 2. The highest BCUT2D eigenvalue weighted by atomic mass is 19.3. The van der Waals surface area contributed by atoms with Crippen molar-refractivity contribution < 1.29 is 19.0 Å². The van der Waals surface area contributed by atoms with Crippen LogP contribution in [0.25, 0.3) is 0 Å². The zero-order valence-corrected chi connectivity index (χ0v) is 19.9. The largest absolute Gasteiger partial charge is 0.393 e. The summed E-state index contributed by atoms with van der Waals surface area (Å²) in [6.45, 7) is 11.1. The Hall–Kier alpha value is -1.00. The number of fused-ring (bicyclic) bond motifs is 1. The number of alkyl halides is 2. The summed E-state index contributed by atoms with van der Waals surface area (Å²) in [5, 5.41) is 19.8. The second-order valence-corrected chi connectivity index (χ2v) is 11.3. The SMILES string of the molecule is C=C1CCC(O)C/C1=C/C=C1\CCCC2(C)C1CCC2C(C)CCC(F)(F)C(C)(C)O. The number of allylic oxidation sites excluding steroid dienone is 4. The van der Waals surface area contributed by atoms with Gasteiger partial charge in [-0.05, 0) is 100 Å². The molecule has 3 fully saturated rings. The Kier molecular flexibility index (Phi) is 7.23. The Morgan fingerprint density at radius 1 is 1.19 bits per heavy atom. The van der Waals surface area contributed by atoms with Crippen molar-refractivity contribution in [3.63, 3.8) is 0 Å². The highest BCUT2D eigenvalue weighted by Gasteiger charge is 2.51. The molecule has 3 aliphatic rings. The van der Waals surface area contributed by atoms with Gasteiger partial charge in [-0.1, -0.05) is 43.7 Å². The molecule has 3 saturated carbocycles. The van der Waals surface area contributed by atoms with Gasteiger partial charge < -0.3 is 10.2 Å². The number of rotatable bonds is 6. The van der Waals surface area contributed by atoms with Crippen LogP contribution in [0.1, 0.15) is 91.9 Å². The minimum atomic E-state index is -3.06. The van der Waals surface area contributed by atoms with E-state index in [-0.39, 0.29) is 23.9 Å². The van der Waals surface area contributed by atoms with E-state index in [1.165, 1.54) is 25.0 Å². The average Bonchev–Trinajstić information content (AvgIpc) is 3.03. The van der Waals surface area contributed by atoms with Crippen molar-refractivity contribution in [3.8, 4) is 0 Å². The fourth-order valence-corrected chi connectivity index (χ4v) is 6.53. The van der Waals surface area contributed by atoms with Gasteiger partial charge in [0.15, 0.2) is 0 Å². The molecule has 0 heterocycles. The Morgan fingerprint density at radius 3 is 2.58 bits per heavy atom. The monoisotopic (exact) mass is 436 g/mol. The van der Waals surface area contributed by atoms with Gasteiger partial charge in [-0.25, -0.2) is 8.78 Å². The van der Waals surface area contributed by atoms with Gasteiger partial charge in [-0.15, -0.1) is 0 Å². The molecular formula is C27H42F2O2. The van der Waals surface area contributed by atoms with E-state index in [1.807, 2.05) is 0 Å². The van der Waals surface area contributed by atoms with Crippen LogP contribution < -0.4 is 0 Å². The lowest BCUT2D eigenvalue weighted by Crippen LogP contribution is -2.43. The molecule has 3 aliphatic carbocycles. The van der Waals surface area contributed by atoms with Crippen LogP contribution in [0.4, 0.5) is 8.78 Å². The minimum absolute atomic E-state index is 0.162. The molecule has 0 amide bonds. The van der Waals surface area contributed by atoms with Gasteiger partial charge in [-0.3, -0.25) is 0 Å². The van der Waals surface area contributed by atoms with Crippen molar-refractivity contribution in [2.75, 3.05) is 0 Å². The third-order valence-electron chi connectivity index (χ3n) is 8.72. The molecule has 0 bridgehead atoms. The predicted molar refractivity (Wildman–Crippen MR) is 123 cm³/mol. The Balaban J connectivity index is 1.71. The molecule has 3 rings (SSSR count). The third kappa shape index (κ3) is 5.16. The van der Waals surface area contributed by atoms with Crippen LogP contribution in [0.3, 0.4) is 0 Å². The van der Waals surface area contributed by atoms with Crippen LogP contribution in [0, 0.1) is 23.2 Å². The summed E-state index contributed by atoms with van der Waals surface area (Å²) >= 11 is 0. The average molecular weight is 437 g/mol. The summed E-state index contributed by atoms with van der Waals surface area (Å²) in [6.07, 6.45) is 12.4. The van der Waals surface area contributed by atoms with Gasteiger partial charge in [0.05, 0.1) is 6.10 Å². The van der Waals surface area contributed by atoms with E-state index in [0.29, 0.717) is 24.7 Å². The first-order chi connectivity index (χ1) is 14.3. The second-order valence-electron chi connectivity index (χ2n) is 11.3. The second kappa shape index (κ2) is 9.09. The summed E-state index contributed by atoms with van der Waals surface area (Å²) < 4.78 is 28.6. The summed E-state index contributed by atoms with van der Waals surface area (Å²) in [5.74, 6) is -1.88. The van der Waals surface area contributed by atoms with Crippen molar-refractivity contribution in [1.82, 2.24) is 0 Å². The molecule has 5 atom stereocenters. The summed E-state index contributed by atoms with van der Waals surface area (Å²) in [5.41, 5.74) is 2.00. The lowest BCUT2D eigenvalue weighted by atomic mass is 9.60. The van der Waals surface area contributed by atoms with Crippen molar-refractivity contribution >= 4 is 0 Å². The number of hydrogen-bond donors (Lipinski definition) is 2. The van der Waals surface area contributed by atoms with E-state index in [4.69, 9.17) is 0 Å².